The number of phenolic OH excluding ortho intramolecular Hbond substituents is 2. The Morgan fingerprint density at radius 3 is 1.96 bits per heavy atom. The summed E-state index contributed by atoms with van der Waals surface area (Å²) in [5, 5.41) is 22.7. The van der Waals surface area contributed by atoms with Crippen LogP contribution in [0.2, 0.25) is 5.02 Å². The summed E-state index contributed by atoms with van der Waals surface area (Å²) in [5.74, 6) is -3.27. The van der Waals surface area contributed by atoms with Gasteiger partial charge in [-0.2, -0.15) is 0 Å². The molecule has 1 aliphatic rings. The van der Waals surface area contributed by atoms with Gasteiger partial charge in [-0.25, -0.2) is 0 Å². The van der Waals surface area contributed by atoms with Gasteiger partial charge in [-0.3, -0.25) is 9.59 Å². The topological polar surface area (TPSA) is 95.9 Å². The molecule has 0 bridgehead atoms. The summed E-state index contributed by atoms with van der Waals surface area (Å²) in [4.78, 5) is 23.9. The molecule has 0 saturated heterocycles. The van der Waals surface area contributed by atoms with Crippen molar-refractivity contribution in [2.24, 2.45) is 0 Å². The zero-order valence-electron chi connectivity index (χ0n) is 13.1. The van der Waals surface area contributed by atoms with Crippen LogP contribution < -0.4 is 10.1 Å². The van der Waals surface area contributed by atoms with E-state index >= 15 is 0 Å². The average Bonchev–Trinajstić information content (AvgIpc) is 2.58. The quantitative estimate of drug-likeness (QED) is 0.525. The monoisotopic (exact) mass is 399 g/mol. The predicted molar refractivity (Wildman–Crippen MR) is 89.0 cm³/mol. The Morgan fingerprint density at radius 2 is 1.44 bits per heavy atom. The van der Waals surface area contributed by atoms with Crippen molar-refractivity contribution in [2.45, 2.75) is 6.36 Å². The number of fused-ring (bicyclic) bond motifs is 1. The lowest BCUT2D eigenvalue weighted by molar-refractivity contribution is -0.274. The number of ketones is 2. The van der Waals surface area contributed by atoms with E-state index in [0.29, 0.717) is 0 Å². The fraction of sp³-hybridized carbons (Fsp3) is 0.0588. The summed E-state index contributed by atoms with van der Waals surface area (Å²) in [6, 6.07) is 4.41. The van der Waals surface area contributed by atoms with E-state index in [4.69, 9.17) is 11.6 Å². The van der Waals surface area contributed by atoms with Gasteiger partial charge in [0.15, 0.2) is 17.3 Å². The number of ether oxygens (including phenoxy) is 1. The maximum atomic E-state index is 12.2. The molecule has 2 aromatic rings. The predicted octanol–water partition coefficient (Wildman–Crippen LogP) is 4.33. The fourth-order valence-electron chi connectivity index (χ4n) is 2.49. The zero-order chi connectivity index (χ0) is 19.9. The van der Waals surface area contributed by atoms with Crippen molar-refractivity contribution in [1.82, 2.24) is 0 Å². The van der Waals surface area contributed by atoms with Gasteiger partial charge in [0.2, 0.25) is 0 Å². The Balaban J connectivity index is 1.99. The first-order valence-electron chi connectivity index (χ1n) is 7.25. The number of aromatic hydroxyl groups is 2. The number of hydrogen-bond acceptors (Lipinski definition) is 6. The Hall–Kier alpha value is -3.20. The molecule has 27 heavy (non-hydrogen) atoms. The summed E-state index contributed by atoms with van der Waals surface area (Å²) in [5.41, 5.74) is -0.964. The van der Waals surface area contributed by atoms with Crippen molar-refractivity contribution in [2.75, 3.05) is 5.32 Å². The maximum Gasteiger partial charge on any atom is 0.573 e. The molecule has 0 unspecified atom stereocenters. The third-order valence-corrected chi connectivity index (χ3v) is 3.99. The van der Waals surface area contributed by atoms with E-state index in [1.54, 1.807) is 0 Å². The van der Waals surface area contributed by atoms with Gasteiger partial charge in [0.1, 0.15) is 22.2 Å². The summed E-state index contributed by atoms with van der Waals surface area (Å²) >= 11 is 5.98. The number of allylic oxidation sites excluding steroid dienone is 2. The Labute approximate surface area is 154 Å². The highest BCUT2D eigenvalue weighted by Gasteiger charge is 2.32. The number of alkyl halides is 3. The lowest BCUT2D eigenvalue weighted by Crippen LogP contribution is -2.17. The molecule has 3 rings (SSSR count). The number of benzene rings is 2. The maximum absolute atomic E-state index is 12.2. The molecule has 0 aliphatic heterocycles. The van der Waals surface area contributed by atoms with Gasteiger partial charge in [-0.05, 0) is 36.4 Å². The average molecular weight is 400 g/mol. The van der Waals surface area contributed by atoms with Crippen LogP contribution in [-0.2, 0) is 0 Å². The van der Waals surface area contributed by atoms with E-state index in [2.05, 4.69) is 10.1 Å². The number of carbonyl (C=O) groups is 2. The van der Waals surface area contributed by atoms with E-state index in [0.717, 1.165) is 24.3 Å². The molecule has 6 nitrogen and oxygen atoms in total. The highest BCUT2D eigenvalue weighted by Crippen LogP contribution is 2.47. The lowest BCUT2D eigenvalue weighted by atomic mass is 9.92. The van der Waals surface area contributed by atoms with Crippen LogP contribution in [0, 0.1) is 0 Å². The largest absolute Gasteiger partial charge is 0.573 e. The highest BCUT2D eigenvalue weighted by molar-refractivity contribution is 6.38. The van der Waals surface area contributed by atoms with Gasteiger partial charge in [-0.1, -0.05) is 11.6 Å². The Kier molecular flexibility index (Phi) is 4.48. The van der Waals surface area contributed by atoms with Crippen LogP contribution in [-0.4, -0.2) is 28.1 Å². The standard InChI is InChI=1S/C17H9ClF3NO5/c18-13-14(22-7-1-3-8(4-2-7)27-17(19,20)21)16(26)12-10(24)6-5-9(23)11(12)15(13)25/h1-6,22,25-26H. The number of phenols is 2. The van der Waals surface area contributed by atoms with E-state index in [1.165, 1.54) is 12.1 Å². The van der Waals surface area contributed by atoms with Crippen LogP contribution >= 0.6 is 11.6 Å². The zero-order valence-corrected chi connectivity index (χ0v) is 13.9. The third kappa shape index (κ3) is 3.54. The third-order valence-electron chi connectivity index (χ3n) is 3.62. The number of halogens is 4. The van der Waals surface area contributed by atoms with Crippen LogP contribution in [0.1, 0.15) is 20.7 Å². The van der Waals surface area contributed by atoms with Crippen LogP contribution in [0.15, 0.2) is 36.4 Å². The number of nitrogens with one attached hydrogen (secondary N) is 1. The van der Waals surface area contributed by atoms with Crippen LogP contribution in [0.25, 0.3) is 0 Å². The molecular formula is C17H9ClF3NO5. The molecule has 0 atom stereocenters. The van der Waals surface area contributed by atoms with Crippen LogP contribution in [0.4, 0.5) is 24.5 Å². The molecule has 140 valence electrons. The van der Waals surface area contributed by atoms with E-state index < -0.39 is 51.3 Å². The fourth-order valence-corrected chi connectivity index (χ4v) is 2.72. The van der Waals surface area contributed by atoms with Gasteiger partial charge in [0, 0.05) is 5.69 Å². The van der Waals surface area contributed by atoms with Gasteiger partial charge in [0.05, 0.1) is 11.1 Å². The summed E-state index contributed by atoms with van der Waals surface area (Å²) in [6.07, 6.45) is -2.97. The SMILES string of the molecule is O=C1C=CC(=O)c2c(O)c(Nc3ccc(OC(F)(F)F)cc3)c(Cl)c(O)c21. The molecule has 0 aromatic heterocycles. The van der Waals surface area contributed by atoms with E-state index in [1.807, 2.05) is 0 Å². The second-order valence-electron chi connectivity index (χ2n) is 5.40. The first-order valence-corrected chi connectivity index (χ1v) is 7.63. The molecule has 0 amide bonds. The highest BCUT2D eigenvalue weighted by atomic mass is 35.5. The van der Waals surface area contributed by atoms with Crippen molar-refractivity contribution < 1.29 is 37.7 Å². The van der Waals surface area contributed by atoms with Crippen LogP contribution in [0.3, 0.4) is 0 Å². The molecule has 0 spiro atoms. The van der Waals surface area contributed by atoms with Crippen molar-refractivity contribution >= 4 is 34.5 Å². The molecular weight excluding hydrogens is 391 g/mol. The number of anilines is 2. The van der Waals surface area contributed by atoms with Gasteiger partial charge in [0.25, 0.3) is 0 Å². The summed E-state index contributed by atoms with van der Waals surface area (Å²) in [7, 11) is 0. The summed E-state index contributed by atoms with van der Waals surface area (Å²) in [6.45, 7) is 0. The minimum absolute atomic E-state index is 0.172. The molecule has 0 saturated carbocycles. The van der Waals surface area contributed by atoms with Gasteiger partial charge >= 0.3 is 6.36 Å². The van der Waals surface area contributed by atoms with Crippen molar-refractivity contribution in [3.8, 4) is 17.2 Å². The first-order chi connectivity index (χ1) is 12.6. The normalized spacial score (nSPS) is 13.5. The van der Waals surface area contributed by atoms with Gasteiger partial charge in [-0.15, -0.1) is 13.2 Å². The van der Waals surface area contributed by atoms with Crippen LogP contribution in [0.5, 0.6) is 17.2 Å². The summed E-state index contributed by atoms with van der Waals surface area (Å²) < 4.78 is 40.3. The smallest absolute Gasteiger partial charge is 0.505 e. The first kappa shape index (κ1) is 18.6. The van der Waals surface area contributed by atoms with E-state index in [-0.39, 0.29) is 11.4 Å². The second-order valence-corrected chi connectivity index (χ2v) is 5.77. The minimum Gasteiger partial charge on any atom is -0.505 e. The Bertz CT molecular complexity index is 984. The van der Waals surface area contributed by atoms with Crippen molar-refractivity contribution in [3.05, 3.63) is 52.6 Å². The van der Waals surface area contributed by atoms with Gasteiger partial charge < -0.3 is 20.3 Å². The van der Waals surface area contributed by atoms with E-state index in [9.17, 15) is 33.0 Å². The van der Waals surface area contributed by atoms with Crippen molar-refractivity contribution in [1.29, 1.82) is 0 Å². The molecule has 0 radical (unpaired) electrons. The molecule has 0 heterocycles. The molecule has 3 N–H and O–H groups in total. The molecule has 10 heteroatoms. The Morgan fingerprint density at radius 1 is 0.926 bits per heavy atom. The molecule has 0 fully saturated rings. The molecule has 1 aliphatic carbocycles. The number of hydrogen-bond donors (Lipinski definition) is 3. The molecule has 2 aromatic carbocycles. The minimum atomic E-state index is -4.85. The lowest BCUT2D eigenvalue weighted by Gasteiger charge is -2.19. The number of rotatable bonds is 3. The van der Waals surface area contributed by atoms with Crippen molar-refractivity contribution in [3.63, 3.8) is 0 Å². The number of carbonyl (C=O) groups excluding carboxylic acids is 2. The second kappa shape index (κ2) is 6.51.